The second kappa shape index (κ2) is 13.4. The average Bonchev–Trinajstić information content (AvgIpc) is 2.74. The molecule has 0 bridgehead atoms. The highest BCUT2D eigenvalue weighted by atomic mass is 127. The first-order valence-electron chi connectivity index (χ1n) is 10.0. The quantitative estimate of drug-likeness (QED) is 0.331. The Morgan fingerprint density at radius 3 is 2.41 bits per heavy atom. The van der Waals surface area contributed by atoms with Crippen LogP contribution < -0.4 is 10.6 Å². The summed E-state index contributed by atoms with van der Waals surface area (Å²) in [6.45, 7) is 5.19. The summed E-state index contributed by atoms with van der Waals surface area (Å²) in [5.74, 6) is 1.33. The van der Waals surface area contributed by atoms with Crippen molar-refractivity contribution < 1.29 is 9.59 Å². The van der Waals surface area contributed by atoms with E-state index in [1.807, 2.05) is 42.2 Å². The van der Waals surface area contributed by atoms with Crippen LogP contribution in [0.3, 0.4) is 0 Å². The molecule has 1 aromatic rings. The molecule has 1 saturated heterocycles. The lowest BCUT2D eigenvalue weighted by molar-refractivity contribution is -0.130. The first-order chi connectivity index (χ1) is 13.6. The van der Waals surface area contributed by atoms with Gasteiger partial charge in [0.1, 0.15) is 0 Å². The molecule has 2 amide bonds. The summed E-state index contributed by atoms with van der Waals surface area (Å²) in [6, 6.07) is 10.0. The molecule has 2 N–H and O–H groups in total. The molecule has 1 heterocycles. The van der Waals surface area contributed by atoms with E-state index in [2.05, 4.69) is 20.5 Å². The Balaban J connectivity index is 0.00000420. The highest BCUT2D eigenvalue weighted by molar-refractivity contribution is 14.0. The Labute approximate surface area is 191 Å². The summed E-state index contributed by atoms with van der Waals surface area (Å²) in [7, 11) is 3.42. The van der Waals surface area contributed by atoms with Gasteiger partial charge in [-0.25, -0.2) is 0 Å². The van der Waals surface area contributed by atoms with Gasteiger partial charge < -0.3 is 20.4 Å². The Hall–Kier alpha value is -1.84. The minimum absolute atomic E-state index is 0. The molecule has 1 aliphatic rings. The molecule has 0 radical (unpaired) electrons. The number of likely N-dealkylation sites (tertiary alicyclic amines) is 1. The SMILES string of the molecule is CCN(Cc1ccccc1)C(=O)CNC(=NC)N1CCC(CC(=O)NC)CC1.I. The number of hydrogen-bond donors (Lipinski definition) is 2. The molecular formula is C21H34IN5O2. The smallest absolute Gasteiger partial charge is 0.242 e. The summed E-state index contributed by atoms with van der Waals surface area (Å²) in [5.41, 5.74) is 1.13. The van der Waals surface area contributed by atoms with E-state index >= 15 is 0 Å². The molecule has 0 unspecified atom stereocenters. The fourth-order valence-electron chi connectivity index (χ4n) is 3.49. The molecule has 1 aliphatic heterocycles. The van der Waals surface area contributed by atoms with Crippen LogP contribution in [-0.4, -0.2) is 67.8 Å². The van der Waals surface area contributed by atoms with Gasteiger partial charge in [-0.05, 0) is 31.2 Å². The van der Waals surface area contributed by atoms with Gasteiger partial charge in [0.05, 0.1) is 6.54 Å². The molecule has 0 saturated carbocycles. The second-order valence-electron chi connectivity index (χ2n) is 7.10. The maximum atomic E-state index is 12.6. The molecule has 0 atom stereocenters. The average molecular weight is 515 g/mol. The number of benzene rings is 1. The molecule has 7 nitrogen and oxygen atoms in total. The number of likely N-dealkylation sites (N-methyl/N-ethyl adjacent to an activating group) is 1. The minimum Gasteiger partial charge on any atom is -0.359 e. The van der Waals surface area contributed by atoms with E-state index in [0.717, 1.165) is 37.5 Å². The Morgan fingerprint density at radius 2 is 1.86 bits per heavy atom. The fourth-order valence-corrected chi connectivity index (χ4v) is 3.49. The number of nitrogens with one attached hydrogen (secondary N) is 2. The zero-order valence-electron chi connectivity index (χ0n) is 17.7. The normalized spacial score (nSPS) is 14.7. The third-order valence-electron chi connectivity index (χ3n) is 5.23. The van der Waals surface area contributed by atoms with E-state index in [-0.39, 0.29) is 42.3 Å². The molecule has 1 fully saturated rings. The summed E-state index contributed by atoms with van der Waals surface area (Å²) in [5, 5.41) is 5.90. The summed E-state index contributed by atoms with van der Waals surface area (Å²) < 4.78 is 0. The summed E-state index contributed by atoms with van der Waals surface area (Å²) in [4.78, 5) is 32.5. The predicted molar refractivity (Wildman–Crippen MR) is 127 cm³/mol. The molecule has 2 rings (SSSR count). The van der Waals surface area contributed by atoms with Crippen molar-refractivity contribution in [2.24, 2.45) is 10.9 Å². The van der Waals surface area contributed by atoms with E-state index in [1.165, 1.54) is 0 Å². The number of hydrogen-bond acceptors (Lipinski definition) is 3. The largest absolute Gasteiger partial charge is 0.359 e. The first-order valence-corrected chi connectivity index (χ1v) is 10.0. The number of rotatable bonds is 7. The van der Waals surface area contributed by atoms with Crippen LogP contribution in [0, 0.1) is 5.92 Å². The summed E-state index contributed by atoms with van der Waals surface area (Å²) >= 11 is 0. The molecule has 8 heteroatoms. The summed E-state index contributed by atoms with van der Waals surface area (Å²) in [6.07, 6.45) is 2.49. The third-order valence-corrected chi connectivity index (χ3v) is 5.23. The van der Waals surface area contributed by atoms with E-state index in [9.17, 15) is 9.59 Å². The van der Waals surface area contributed by atoms with E-state index in [0.29, 0.717) is 25.4 Å². The molecule has 0 spiro atoms. The van der Waals surface area contributed by atoms with Crippen LogP contribution in [0.25, 0.3) is 0 Å². The number of guanidine groups is 1. The molecule has 0 aromatic heterocycles. The monoisotopic (exact) mass is 515 g/mol. The Bertz CT molecular complexity index is 660. The molecule has 29 heavy (non-hydrogen) atoms. The van der Waals surface area contributed by atoms with Crippen molar-refractivity contribution in [3.63, 3.8) is 0 Å². The van der Waals surface area contributed by atoms with Gasteiger partial charge in [-0.2, -0.15) is 0 Å². The van der Waals surface area contributed by atoms with Crippen molar-refractivity contribution in [2.75, 3.05) is 40.3 Å². The van der Waals surface area contributed by atoms with Crippen molar-refractivity contribution in [3.8, 4) is 0 Å². The van der Waals surface area contributed by atoms with Crippen molar-refractivity contribution in [3.05, 3.63) is 35.9 Å². The zero-order chi connectivity index (χ0) is 20.4. The van der Waals surface area contributed by atoms with Crippen molar-refractivity contribution in [2.45, 2.75) is 32.7 Å². The number of carbonyl (C=O) groups is 2. The van der Waals surface area contributed by atoms with E-state index < -0.39 is 0 Å². The maximum Gasteiger partial charge on any atom is 0.242 e. The number of piperidine rings is 1. The lowest BCUT2D eigenvalue weighted by atomic mass is 9.93. The molecule has 162 valence electrons. The minimum atomic E-state index is 0. The number of nitrogens with zero attached hydrogens (tertiary/aromatic N) is 3. The topological polar surface area (TPSA) is 77.0 Å². The first kappa shape index (κ1) is 25.2. The van der Waals surface area contributed by atoms with Crippen LogP contribution in [0.4, 0.5) is 0 Å². The maximum absolute atomic E-state index is 12.6. The van der Waals surface area contributed by atoms with Crippen molar-refractivity contribution >= 4 is 41.8 Å². The van der Waals surface area contributed by atoms with Gasteiger partial charge in [-0.1, -0.05) is 30.3 Å². The highest BCUT2D eigenvalue weighted by Gasteiger charge is 2.23. The second-order valence-corrected chi connectivity index (χ2v) is 7.10. The van der Waals surface area contributed by atoms with Crippen LogP contribution in [0.1, 0.15) is 31.7 Å². The van der Waals surface area contributed by atoms with Gasteiger partial charge in [-0.3, -0.25) is 14.6 Å². The third kappa shape index (κ3) is 8.20. The van der Waals surface area contributed by atoms with Crippen LogP contribution in [0.15, 0.2) is 35.3 Å². The predicted octanol–water partition coefficient (Wildman–Crippen LogP) is 2.08. The molecule has 1 aromatic carbocycles. The molecule has 0 aliphatic carbocycles. The van der Waals surface area contributed by atoms with Gasteiger partial charge >= 0.3 is 0 Å². The van der Waals surface area contributed by atoms with E-state index in [4.69, 9.17) is 0 Å². The Morgan fingerprint density at radius 1 is 1.21 bits per heavy atom. The van der Waals surface area contributed by atoms with Gasteiger partial charge in [0.15, 0.2) is 5.96 Å². The van der Waals surface area contributed by atoms with Crippen LogP contribution >= 0.6 is 24.0 Å². The van der Waals surface area contributed by atoms with E-state index in [1.54, 1.807) is 14.1 Å². The number of carbonyl (C=O) groups excluding carboxylic acids is 2. The zero-order valence-corrected chi connectivity index (χ0v) is 20.0. The lowest BCUT2D eigenvalue weighted by Crippen LogP contribution is -2.49. The van der Waals surface area contributed by atoms with Crippen molar-refractivity contribution in [1.82, 2.24) is 20.4 Å². The number of halogens is 1. The van der Waals surface area contributed by atoms with Gasteiger partial charge in [0.2, 0.25) is 11.8 Å². The highest BCUT2D eigenvalue weighted by Crippen LogP contribution is 2.20. The lowest BCUT2D eigenvalue weighted by Gasteiger charge is -2.34. The molecular weight excluding hydrogens is 481 g/mol. The Kier molecular flexibility index (Phi) is 11.6. The van der Waals surface area contributed by atoms with Gasteiger partial charge in [0, 0.05) is 46.7 Å². The van der Waals surface area contributed by atoms with Crippen LogP contribution in [0.2, 0.25) is 0 Å². The fraction of sp³-hybridized carbons (Fsp3) is 0.571. The standard InChI is InChI=1S/C21H33N5O2.HI/c1-4-25(16-18-8-6-5-7-9-18)20(28)15-24-21(23-3)26-12-10-17(11-13-26)14-19(27)22-2;/h5-9,17H,4,10-16H2,1-3H3,(H,22,27)(H,23,24);1H. The van der Waals surface area contributed by atoms with Crippen molar-refractivity contribution in [1.29, 1.82) is 0 Å². The van der Waals surface area contributed by atoms with Crippen LogP contribution in [-0.2, 0) is 16.1 Å². The number of aliphatic imine (C=N–C) groups is 1. The van der Waals surface area contributed by atoms with Gasteiger partial charge in [0.25, 0.3) is 0 Å². The number of amides is 2. The van der Waals surface area contributed by atoms with Crippen LogP contribution in [0.5, 0.6) is 0 Å². The van der Waals surface area contributed by atoms with Gasteiger partial charge in [-0.15, -0.1) is 24.0 Å².